The summed E-state index contributed by atoms with van der Waals surface area (Å²) in [7, 11) is -4.03. The molecule has 1 N–H and O–H groups in total. The number of nitrogens with zero attached hydrogens (tertiary/aromatic N) is 1. The number of benzene rings is 3. The fourth-order valence-electron chi connectivity index (χ4n) is 3.79. The third-order valence-corrected chi connectivity index (χ3v) is 7.68. The molecule has 3 aromatic carbocycles. The highest BCUT2D eigenvalue weighted by Crippen LogP contribution is 2.37. The molecule has 1 unspecified atom stereocenters. The highest BCUT2D eigenvalue weighted by Gasteiger charge is 2.36. The summed E-state index contributed by atoms with van der Waals surface area (Å²) in [6.45, 7) is 1.43. The van der Waals surface area contributed by atoms with E-state index in [1.807, 2.05) is 0 Å². The maximum Gasteiger partial charge on any atom is 0.308 e. The lowest BCUT2D eigenvalue weighted by Gasteiger charge is -2.34. The van der Waals surface area contributed by atoms with E-state index in [2.05, 4.69) is 0 Å². The summed E-state index contributed by atoms with van der Waals surface area (Å²) >= 11 is 6.06. The Morgan fingerprint density at radius 2 is 1.94 bits per heavy atom. The number of hydrogen-bond acceptors (Lipinski definition) is 4. The number of aryl methyl sites for hydroxylation is 1. The van der Waals surface area contributed by atoms with E-state index >= 15 is 0 Å². The number of fused-ring (bicyclic) bond motifs is 1. The number of ether oxygens (including phenoxy) is 1. The van der Waals surface area contributed by atoms with Gasteiger partial charge in [-0.3, -0.25) is 9.10 Å². The number of aliphatic carboxylic acids is 1. The predicted molar refractivity (Wildman–Crippen MR) is 123 cm³/mol. The molecule has 0 fully saturated rings. The van der Waals surface area contributed by atoms with Gasteiger partial charge < -0.3 is 9.84 Å². The van der Waals surface area contributed by atoms with Gasteiger partial charge in [0, 0.05) is 18.2 Å². The highest BCUT2D eigenvalue weighted by atomic mass is 35.5. The molecule has 0 saturated heterocycles. The van der Waals surface area contributed by atoms with Crippen molar-refractivity contribution >= 4 is 33.3 Å². The fourth-order valence-corrected chi connectivity index (χ4v) is 5.65. The van der Waals surface area contributed by atoms with Crippen molar-refractivity contribution in [1.29, 1.82) is 0 Å². The predicted octanol–water partition coefficient (Wildman–Crippen LogP) is 4.82. The first-order chi connectivity index (χ1) is 15.7. The van der Waals surface area contributed by atoms with Gasteiger partial charge in [0.1, 0.15) is 18.2 Å². The van der Waals surface area contributed by atoms with E-state index in [9.17, 15) is 22.7 Å². The second-order valence-electron chi connectivity index (χ2n) is 7.87. The molecular formula is C24H21ClFNO5S. The van der Waals surface area contributed by atoms with Crippen LogP contribution in [0.5, 0.6) is 5.75 Å². The molecule has 3 aromatic rings. The van der Waals surface area contributed by atoms with Crippen LogP contribution in [0.1, 0.15) is 16.7 Å². The number of sulfonamides is 1. The highest BCUT2D eigenvalue weighted by molar-refractivity contribution is 7.92. The van der Waals surface area contributed by atoms with Gasteiger partial charge in [0.05, 0.1) is 21.5 Å². The van der Waals surface area contributed by atoms with Crippen molar-refractivity contribution in [2.75, 3.05) is 10.8 Å². The van der Waals surface area contributed by atoms with Crippen LogP contribution >= 0.6 is 11.6 Å². The van der Waals surface area contributed by atoms with E-state index in [4.69, 9.17) is 16.3 Å². The van der Waals surface area contributed by atoms with Crippen LogP contribution in [0.25, 0.3) is 0 Å². The summed E-state index contributed by atoms with van der Waals surface area (Å²) in [5.41, 5.74) is 1.86. The molecule has 0 aliphatic carbocycles. The van der Waals surface area contributed by atoms with E-state index in [-0.39, 0.29) is 35.1 Å². The van der Waals surface area contributed by atoms with Gasteiger partial charge in [-0.15, -0.1) is 0 Å². The average Bonchev–Trinajstić information content (AvgIpc) is 2.77. The zero-order valence-corrected chi connectivity index (χ0v) is 19.2. The minimum atomic E-state index is -4.03. The van der Waals surface area contributed by atoms with Crippen molar-refractivity contribution in [3.05, 3.63) is 88.2 Å². The number of carboxylic acids is 1. The van der Waals surface area contributed by atoms with Gasteiger partial charge in [0.15, 0.2) is 0 Å². The SMILES string of the molecule is Cc1cccc(S(=O)(=O)N2CC(C(=O)O)Cc3ccc(OCc4c(F)cccc4Cl)cc32)c1. The van der Waals surface area contributed by atoms with Gasteiger partial charge in [-0.1, -0.05) is 35.9 Å². The molecule has 0 spiro atoms. The molecule has 0 aromatic heterocycles. The standard InChI is InChI=1S/C24H21ClFNO5S/c1-15-4-2-5-19(10-15)33(30,31)27-13-17(24(28)29)11-16-8-9-18(12-23(16)27)32-14-20-21(25)6-3-7-22(20)26/h2-10,12,17H,11,13-14H2,1H3,(H,28,29). The number of halogens is 2. The minimum absolute atomic E-state index is 0.0731. The molecule has 0 radical (unpaired) electrons. The molecule has 1 heterocycles. The number of carboxylic acid groups (broad SMARTS) is 1. The summed E-state index contributed by atoms with van der Waals surface area (Å²) in [6.07, 6.45) is 0.184. The maximum absolute atomic E-state index is 14.1. The van der Waals surface area contributed by atoms with Gasteiger partial charge in [-0.2, -0.15) is 0 Å². The average molecular weight is 490 g/mol. The van der Waals surface area contributed by atoms with Crippen LogP contribution in [0.15, 0.2) is 65.6 Å². The molecule has 172 valence electrons. The molecule has 0 bridgehead atoms. The van der Waals surface area contributed by atoms with Gasteiger partial charge in [0.2, 0.25) is 0 Å². The van der Waals surface area contributed by atoms with Crippen LogP contribution in [0.2, 0.25) is 5.02 Å². The normalized spacial score (nSPS) is 15.7. The van der Waals surface area contributed by atoms with Gasteiger partial charge in [0.25, 0.3) is 10.0 Å². The Kier molecular flexibility index (Phi) is 6.32. The van der Waals surface area contributed by atoms with Crippen LogP contribution in [-0.4, -0.2) is 26.0 Å². The molecule has 33 heavy (non-hydrogen) atoms. The lowest BCUT2D eigenvalue weighted by molar-refractivity contribution is -0.141. The zero-order chi connectivity index (χ0) is 23.8. The first-order valence-electron chi connectivity index (χ1n) is 10.2. The Hall–Kier alpha value is -3.10. The number of rotatable bonds is 6. The van der Waals surface area contributed by atoms with E-state index in [1.165, 1.54) is 24.3 Å². The molecule has 1 aliphatic rings. The molecule has 1 aliphatic heterocycles. The Morgan fingerprint density at radius 1 is 1.18 bits per heavy atom. The Balaban J connectivity index is 1.71. The topological polar surface area (TPSA) is 83.9 Å². The van der Waals surface area contributed by atoms with Gasteiger partial charge in [-0.25, -0.2) is 12.8 Å². The number of anilines is 1. The van der Waals surface area contributed by atoms with Crippen molar-refractivity contribution in [2.24, 2.45) is 5.92 Å². The summed E-state index contributed by atoms with van der Waals surface area (Å²) in [5, 5.41) is 9.81. The summed E-state index contributed by atoms with van der Waals surface area (Å²) in [4.78, 5) is 11.8. The second kappa shape index (κ2) is 9.03. The lowest BCUT2D eigenvalue weighted by Crippen LogP contribution is -2.42. The van der Waals surface area contributed by atoms with Crippen molar-refractivity contribution in [3.63, 3.8) is 0 Å². The van der Waals surface area contributed by atoms with Crippen LogP contribution in [0, 0.1) is 18.7 Å². The minimum Gasteiger partial charge on any atom is -0.489 e. The van der Waals surface area contributed by atoms with E-state index in [0.717, 1.165) is 9.87 Å². The van der Waals surface area contributed by atoms with E-state index < -0.39 is 27.7 Å². The zero-order valence-electron chi connectivity index (χ0n) is 17.7. The van der Waals surface area contributed by atoms with Crippen molar-refractivity contribution in [1.82, 2.24) is 0 Å². The number of hydrogen-bond donors (Lipinski definition) is 1. The van der Waals surface area contributed by atoms with Gasteiger partial charge >= 0.3 is 5.97 Å². The van der Waals surface area contributed by atoms with Crippen LogP contribution in [0.3, 0.4) is 0 Å². The third kappa shape index (κ3) is 4.67. The summed E-state index contributed by atoms with van der Waals surface area (Å²) in [5.74, 6) is -2.15. The molecule has 1 atom stereocenters. The summed E-state index contributed by atoms with van der Waals surface area (Å²) in [6, 6.07) is 15.5. The lowest BCUT2D eigenvalue weighted by atomic mass is 9.94. The molecular weight excluding hydrogens is 469 g/mol. The second-order valence-corrected chi connectivity index (χ2v) is 10.1. The number of carbonyl (C=O) groups is 1. The first-order valence-corrected chi connectivity index (χ1v) is 12.0. The monoisotopic (exact) mass is 489 g/mol. The fraction of sp³-hybridized carbons (Fsp3) is 0.208. The van der Waals surface area contributed by atoms with Crippen LogP contribution in [-0.2, 0) is 27.8 Å². The quantitative estimate of drug-likeness (QED) is 0.536. The van der Waals surface area contributed by atoms with Gasteiger partial charge in [-0.05, 0) is 54.8 Å². The van der Waals surface area contributed by atoms with Crippen molar-refractivity contribution < 1.29 is 27.4 Å². The van der Waals surface area contributed by atoms with E-state index in [0.29, 0.717) is 17.0 Å². The maximum atomic E-state index is 14.1. The molecule has 4 rings (SSSR count). The molecule has 9 heteroatoms. The smallest absolute Gasteiger partial charge is 0.308 e. The van der Waals surface area contributed by atoms with Crippen LogP contribution < -0.4 is 9.04 Å². The van der Waals surface area contributed by atoms with Crippen molar-refractivity contribution in [2.45, 2.75) is 24.8 Å². The van der Waals surface area contributed by atoms with E-state index in [1.54, 1.807) is 43.3 Å². The molecule has 6 nitrogen and oxygen atoms in total. The van der Waals surface area contributed by atoms with Crippen molar-refractivity contribution in [3.8, 4) is 5.75 Å². The summed E-state index contributed by atoms with van der Waals surface area (Å²) < 4.78 is 47.9. The Labute approximate surface area is 196 Å². The third-order valence-electron chi connectivity index (χ3n) is 5.55. The Morgan fingerprint density at radius 3 is 2.64 bits per heavy atom. The van der Waals surface area contributed by atoms with Crippen LogP contribution in [0.4, 0.5) is 10.1 Å². The molecule has 0 amide bonds. The first kappa shape index (κ1) is 23.1. The molecule has 0 saturated carbocycles. The largest absolute Gasteiger partial charge is 0.489 e. The Bertz CT molecular complexity index is 1310.